The molecule has 2 aromatic rings. The van der Waals surface area contributed by atoms with Crippen molar-refractivity contribution in [2.75, 3.05) is 24.8 Å². The van der Waals surface area contributed by atoms with Gasteiger partial charge in [-0.2, -0.15) is 0 Å². The predicted molar refractivity (Wildman–Crippen MR) is 80.7 cm³/mol. The first-order valence-corrected chi connectivity index (χ1v) is 6.45. The highest BCUT2D eigenvalue weighted by molar-refractivity contribution is 5.92. The van der Waals surface area contributed by atoms with Gasteiger partial charge in [-0.3, -0.25) is 0 Å². The first-order valence-electron chi connectivity index (χ1n) is 6.45. The number of anilines is 2. The fourth-order valence-corrected chi connectivity index (χ4v) is 2.09. The predicted octanol–water partition coefficient (Wildman–Crippen LogP) is 2.83. The third kappa shape index (κ3) is 3.31. The fraction of sp³-hybridized carbons (Fsp3) is 0.188. The van der Waals surface area contributed by atoms with Gasteiger partial charge in [0.05, 0.1) is 24.0 Å². The van der Waals surface area contributed by atoms with E-state index < -0.39 is 5.97 Å². The van der Waals surface area contributed by atoms with E-state index in [1.807, 2.05) is 0 Å². The van der Waals surface area contributed by atoms with E-state index in [9.17, 15) is 9.18 Å². The molecule has 0 aliphatic rings. The molecule has 5 heteroatoms. The van der Waals surface area contributed by atoms with Crippen molar-refractivity contribution in [3.8, 4) is 0 Å². The largest absolute Gasteiger partial charge is 0.465 e. The van der Waals surface area contributed by atoms with E-state index >= 15 is 0 Å². The molecule has 0 amide bonds. The minimum atomic E-state index is -0.435. The van der Waals surface area contributed by atoms with Gasteiger partial charge < -0.3 is 15.4 Å². The number of halogens is 1. The third-order valence-corrected chi connectivity index (χ3v) is 3.23. The quantitative estimate of drug-likeness (QED) is 0.694. The molecule has 2 rings (SSSR count). The minimum Gasteiger partial charge on any atom is -0.465 e. The molecular formula is C16H17FN2O2. The lowest BCUT2D eigenvalue weighted by atomic mass is 10.1. The van der Waals surface area contributed by atoms with Gasteiger partial charge in [-0.05, 0) is 24.3 Å². The zero-order valence-electron chi connectivity index (χ0n) is 12.0. The first kappa shape index (κ1) is 14.8. The number of benzene rings is 2. The van der Waals surface area contributed by atoms with Gasteiger partial charge in [0.2, 0.25) is 0 Å². The zero-order chi connectivity index (χ0) is 15.4. The molecular weight excluding hydrogens is 271 g/mol. The van der Waals surface area contributed by atoms with Crippen LogP contribution in [0.1, 0.15) is 15.9 Å². The highest BCUT2D eigenvalue weighted by Gasteiger charge is 2.13. The molecule has 21 heavy (non-hydrogen) atoms. The Morgan fingerprint density at radius 3 is 2.67 bits per heavy atom. The van der Waals surface area contributed by atoms with Crippen molar-refractivity contribution in [1.82, 2.24) is 0 Å². The number of hydrogen-bond acceptors (Lipinski definition) is 4. The average Bonchev–Trinajstić information content (AvgIpc) is 2.49. The van der Waals surface area contributed by atoms with Crippen LogP contribution < -0.4 is 10.6 Å². The van der Waals surface area contributed by atoms with Gasteiger partial charge in [0.25, 0.3) is 0 Å². The second kappa shape index (κ2) is 6.26. The Balaban J connectivity index is 2.28. The Bertz CT molecular complexity index is 658. The summed E-state index contributed by atoms with van der Waals surface area (Å²) in [4.78, 5) is 13.4. The summed E-state index contributed by atoms with van der Waals surface area (Å²) in [7, 11) is 3.11. The molecule has 0 radical (unpaired) electrons. The Morgan fingerprint density at radius 2 is 2.00 bits per heavy atom. The Hall–Kier alpha value is -2.56. The first-order chi connectivity index (χ1) is 10.0. The van der Waals surface area contributed by atoms with Crippen molar-refractivity contribution >= 4 is 17.3 Å². The number of esters is 1. The second-order valence-corrected chi connectivity index (χ2v) is 4.71. The SMILES string of the molecule is COC(=O)c1ccc(N)c(N(C)Cc2ccccc2F)c1. The van der Waals surface area contributed by atoms with Crippen LogP contribution in [0.25, 0.3) is 0 Å². The zero-order valence-corrected chi connectivity index (χ0v) is 12.0. The van der Waals surface area contributed by atoms with Crippen LogP contribution in [-0.4, -0.2) is 20.1 Å². The standard InChI is InChI=1S/C16H17FN2O2/c1-19(10-12-5-3-4-6-13(12)17)15-9-11(16(20)21-2)7-8-14(15)18/h3-9H,10,18H2,1-2H3. The maximum Gasteiger partial charge on any atom is 0.337 e. The van der Waals surface area contributed by atoms with Crippen molar-refractivity contribution < 1.29 is 13.9 Å². The van der Waals surface area contributed by atoms with Crippen LogP contribution in [-0.2, 0) is 11.3 Å². The summed E-state index contributed by atoms with van der Waals surface area (Å²) in [6, 6.07) is 11.4. The molecule has 0 aliphatic heterocycles. The van der Waals surface area contributed by atoms with Crippen LogP contribution >= 0.6 is 0 Å². The number of ether oxygens (including phenoxy) is 1. The highest BCUT2D eigenvalue weighted by Crippen LogP contribution is 2.25. The number of rotatable bonds is 4. The molecule has 4 nitrogen and oxygen atoms in total. The molecule has 0 aromatic heterocycles. The molecule has 2 N–H and O–H groups in total. The number of methoxy groups -OCH3 is 1. The third-order valence-electron chi connectivity index (χ3n) is 3.23. The maximum atomic E-state index is 13.7. The van der Waals surface area contributed by atoms with Crippen LogP contribution in [0.3, 0.4) is 0 Å². The molecule has 0 atom stereocenters. The lowest BCUT2D eigenvalue weighted by Crippen LogP contribution is -2.19. The number of carbonyl (C=O) groups excluding carboxylic acids is 1. The summed E-state index contributed by atoms with van der Waals surface area (Å²) in [6.45, 7) is 0.349. The van der Waals surface area contributed by atoms with Crippen molar-refractivity contribution in [3.05, 3.63) is 59.4 Å². The summed E-state index contributed by atoms with van der Waals surface area (Å²) in [5, 5.41) is 0. The van der Waals surface area contributed by atoms with Gasteiger partial charge in [0, 0.05) is 19.2 Å². The van der Waals surface area contributed by atoms with Gasteiger partial charge in [-0.25, -0.2) is 9.18 Å². The van der Waals surface area contributed by atoms with Crippen molar-refractivity contribution in [2.24, 2.45) is 0 Å². The average molecular weight is 288 g/mol. The monoisotopic (exact) mass is 288 g/mol. The molecule has 0 bridgehead atoms. The van der Waals surface area contributed by atoms with E-state index in [2.05, 4.69) is 4.74 Å². The van der Waals surface area contributed by atoms with Gasteiger partial charge in [0.1, 0.15) is 5.82 Å². The molecule has 0 saturated heterocycles. The molecule has 0 fully saturated rings. The normalized spacial score (nSPS) is 10.2. The molecule has 0 aliphatic carbocycles. The smallest absolute Gasteiger partial charge is 0.337 e. The minimum absolute atomic E-state index is 0.271. The molecule has 2 aromatic carbocycles. The van der Waals surface area contributed by atoms with Crippen LogP contribution in [0.4, 0.5) is 15.8 Å². The summed E-state index contributed by atoms with van der Waals surface area (Å²) in [5.41, 5.74) is 8.07. The van der Waals surface area contributed by atoms with Crippen LogP contribution in [0.2, 0.25) is 0 Å². The van der Waals surface area contributed by atoms with E-state index in [-0.39, 0.29) is 5.82 Å². The fourth-order valence-electron chi connectivity index (χ4n) is 2.09. The Kier molecular flexibility index (Phi) is 4.42. The number of nitrogen functional groups attached to an aromatic ring is 1. The Labute approximate surface area is 122 Å². The van der Waals surface area contributed by atoms with E-state index in [1.165, 1.54) is 13.2 Å². The topological polar surface area (TPSA) is 55.6 Å². The number of nitrogens with two attached hydrogens (primary N) is 1. The van der Waals surface area contributed by atoms with E-state index in [1.54, 1.807) is 48.3 Å². The molecule has 0 heterocycles. The second-order valence-electron chi connectivity index (χ2n) is 4.71. The lowest BCUT2D eigenvalue weighted by molar-refractivity contribution is 0.0601. The maximum absolute atomic E-state index is 13.7. The van der Waals surface area contributed by atoms with E-state index in [0.29, 0.717) is 29.0 Å². The number of nitrogens with zero attached hydrogens (tertiary/aromatic N) is 1. The Morgan fingerprint density at radius 1 is 1.29 bits per heavy atom. The summed E-state index contributed by atoms with van der Waals surface area (Å²) in [6.07, 6.45) is 0. The van der Waals surface area contributed by atoms with Gasteiger partial charge in [0.15, 0.2) is 0 Å². The van der Waals surface area contributed by atoms with Crippen LogP contribution in [0, 0.1) is 5.82 Å². The highest BCUT2D eigenvalue weighted by atomic mass is 19.1. The van der Waals surface area contributed by atoms with Gasteiger partial charge in [-0.15, -0.1) is 0 Å². The molecule has 0 saturated carbocycles. The van der Waals surface area contributed by atoms with Crippen LogP contribution in [0.15, 0.2) is 42.5 Å². The van der Waals surface area contributed by atoms with Crippen molar-refractivity contribution in [3.63, 3.8) is 0 Å². The lowest BCUT2D eigenvalue weighted by Gasteiger charge is -2.22. The molecule has 0 unspecified atom stereocenters. The molecule has 0 spiro atoms. The number of hydrogen-bond donors (Lipinski definition) is 1. The van der Waals surface area contributed by atoms with Crippen LogP contribution in [0.5, 0.6) is 0 Å². The van der Waals surface area contributed by atoms with Gasteiger partial charge >= 0.3 is 5.97 Å². The van der Waals surface area contributed by atoms with Crippen molar-refractivity contribution in [1.29, 1.82) is 0 Å². The molecule has 110 valence electrons. The van der Waals surface area contributed by atoms with E-state index in [4.69, 9.17) is 5.73 Å². The summed E-state index contributed by atoms with van der Waals surface area (Å²) in [5.74, 6) is -0.706. The van der Waals surface area contributed by atoms with Gasteiger partial charge in [-0.1, -0.05) is 18.2 Å². The van der Waals surface area contributed by atoms with E-state index in [0.717, 1.165) is 0 Å². The number of carbonyl (C=O) groups is 1. The summed E-state index contributed by atoms with van der Waals surface area (Å²) >= 11 is 0. The van der Waals surface area contributed by atoms with Crippen molar-refractivity contribution in [2.45, 2.75) is 6.54 Å². The summed E-state index contributed by atoms with van der Waals surface area (Å²) < 4.78 is 18.4.